The number of rotatable bonds is 3. The summed E-state index contributed by atoms with van der Waals surface area (Å²) in [7, 11) is -4.67. The zero-order chi connectivity index (χ0) is 38.2. The Kier molecular flexibility index (Phi) is 7.92. The number of hydrogen-bond donors (Lipinski definition) is 3. The van der Waals surface area contributed by atoms with Gasteiger partial charge in [0.1, 0.15) is 11.5 Å². The fourth-order valence-corrected chi connectivity index (χ4v) is 10.4. The normalized spacial score (nSPS) is 31.5. The summed E-state index contributed by atoms with van der Waals surface area (Å²) in [6, 6.07) is 11.9. The van der Waals surface area contributed by atoms with Gasteiger partial charge in [-0.05, 0) is 85.3 Å². The maximum Gasteiger partial charge on any atom is 0.394 e. The first-order valence-corrected chi connectivity index (χ1v) is 19.7. The second-order valence-corrected chi connectivity index (χ2v) is 17.9. The smallest absolute Gasteiger partial charge is 0.394 e. The Balaban J connectivity index is 0.000000752. The molecule has 11 nitrogen and oxygen atoms in total. The lowest BCUT2D eigenvalue weighted by atomic mass is 9.60. The highest BCUT2D eigenvalue weighted by molar-refractivity contribution is 7.79. The Morgan fingerprint density at radius 1 is 1.02 bits per heavy atom. The average molecular weight is 747 g/mol. The van der Waals surface area contributed by atoms with Crippen LogP contribution in [0.5, 0.6) is 11.5 Å². The van der Waals surface area contributed by atoms with Crippen LogP contribution in [0.4, 0.5) is 0 Å². The third-order valence-electron chi connectivity index (χ3n) is 12.7. The molecule has 6 aliphatic rings. The van der Waals surface area contributed by atoms with E-state index in [1.807, 2.05) is 44.2 Å². The van der Waals surface area contributed by atoms with Crippen molar-refractivity contribution in [1.29, 1.82) is 0 Å². The van der Waals surface area contributed by atoms with Crippen molar-refractivity contribution in [3.05, 3.63) is 75.4 Å². The Labute approximate surface area is 309 Å². The number of aryl methyl sites for hydroxylation is 1. The fourth-order valence-electron chi connectivity index (χ4n) is 10.4. The lowest BCUT2D eigenvalue weighted by Gasteiger charge is -2.49. The molecule has 1 spiro atoms. The number of Topliss-reactive ketones (excluding diaryl/α,β-unsaturated/α-hetero) is 2. The van der Waals surface area contributed by atoms with Crippen molar-refractivity contribution in [3.63, 3.8) is 0 Å². The molecule has 0 radical (unpaired) electrons. The van der Waals surface area contributed by atoms with Crippen molar-refractivity contribution < 1.29 is 51.2 Å². The summed E-state index contributed by atoms with van der Waals surface area (Å²) in [5.74, 6) is 1.38. The molecule has 9 rings (SSSR count). The summed E-state index contributed by atoms with van der Waals surface area (Å²) in [4.78, 5) is 27.6. The molecule has 0 unspecified atom stereocenters. The third-order valence-corrected chi connectivity index (χ3v) is 12.7. The van der Waals surface area contributed by atoms with Crippen LogP contribution in [0.15, 0.2) is 42.0 Å². The molecule has 3 aromatic carbocycles. The van der Waals surface area contributed by atoms with Gasteiger partial charge < -0.3 is 24.1 Å². The summed E-state index contributed by atoms with van der Waals surface area (Å²) in [5.41, 5.74) is 1.95. The standard InChI is InChI=1S/C41H44O7.H2O4S/c1-20(2)26-16-27-28(19-40-15-9-14-38(5,6)30(40)17-29(27)47-40)35-34(26)46-37-39(7,48-35)32-33(45-37)25-13-12-23-21(3)10-8-11-24(23)31(25)41(44,36(32)43)18-22(4)42;1-5(2,3)4/h8,10-13,16,20,29-30,37,44H,9,14-15,17-19H2,1-7H3;(H2,1,2,3,4)/t29-,30+,37-,39-,40+,41-;/m1./s1. The number of carbonyl (C=O) groups excluding carboxylic acids is 2. The van der Waals surface area contributed by atoms with Gasteiger partial charge in [0.2, 0.25) is 11.4 Å². The second kappa shape index (κ2) is 11.6. The molecule has 4 aliphatic heterocycles. The van der Waals surface area contributed by atoms with E-state index in [1.165, 1.54) is 13.3 Å². The van der Waals surface area contributed by atoms with Gasteiger partial charge >= 0.3 is 10.4 Å². The molecule has 282 valence electrons. The maximum absolute atomic E-state index is 14.9. The van der Waals surface area contributed by atoms with Crippen LogP contribution in [-0.2, 0) is 41.5 Å². The highest BCUT2D eigenvalue weighted by Gasteiger charge is 2.65. The van der Waals surface area contributed by atoms with Gasteiger partial charge in [-0.25, -0.2) is 0 Å². The predicted molar refractivity (Wildman–Crippen MR) is 195 cm³/mol. The first-order chi connectivity index (χ1) is 24.7. The number of ether oxygens (including phenoxy) is 4. The van der Waals surface area contributed by atoms with E-state index in [1.54, 1.807) is 0 Å². The molecule has 3 aromatic rings. The zero-order valence-electron chi connectivity index (χ0n) is 31.0. The van der Waals surface area contributed by atoms with Crippen molar-refractivity contribution in [2.45, 2.75) is 122 Å². The van der Waals surface area contributed by atoms with E-state index in [0.29, 0.717) is 34.3 Å². The molecule has 2 fully saturated rings. The summed E-state index contributed by atoms with van der Waals surface area (Å²) < 4.78 is 59.2. The Hall–Kier alpha value is -3.81. The summed E-state index contributed by atoms with van der Waals surface area (Å²) >= 11 is 0. The topological polar surface area (TPSA) is 166 Å². The van der Waals surface area contributed by atoms with Crippen molar-refractivity contribution in [2.75, 3.05) is 0 Å². The number of hydrogen-bond acceptors (Lipinski definition) is 9. The van der Waals surface area contributed by atoms with Crippen molar-refractivity contribution in [3.8, 4) is 11.5 Å². The summed E-state index contributed by atoms with van der Waals surface area (Å²) in [5, 5.41) is 14.1. The quantitative estimate of drug-likeness (QED) is 0.231. The SMILES string of the molecule is CC(=O)C[C@]1(O)C(=O)C2=C(O[C@@H]3Oc4c(C(C)C)cc5c(c4O[C@]23C)C[C@@]23CCCC(C)(C)[C@@H]2C[C@H]5O3)c2ccc3c(C)cccc3c21.O=S(=O)(O)O. The van der Waals surface area contributed by atoms with E-state index < -0.39 is 33.7 Å². The van der Waals surface area contributed by atoms with Gasteiger partial charge in [-0.2, -0.15) is 8.42 Å². The van der Waals surface area contributed by atoms with Gasteiger partial charge in [-0.3, -0.25) is 18.7 Å². The van der Waals surface area contributed by atoms with E-state index in [4.69, 9.17) is 36.5 Å². The van der Waals surface area contributed by atoms with E-state index in [2.05, 4.69) is 33.8 Å². The molecule has 0 aromatic heterocycles. The molecule has 0 amide bonds. The third kappa shape index (κ3) is 5.31. The van der Waals surface area contributed by atoms with Gasteiger partial charge in [0.05, 0.1) is 17.3 Å². The number of aliphatic hydroxyl groups is 1. The number of carbonyl (C=O) groups is 2. The molecular formula is C41H46O11S. The van der Waals surface area contributed by atoms with Gasteiger partial charge in [0, 0.05) is 35.1 Å². The minimum absolute atomic E-state index is 0.0248. The van der Waals surface area contributed by atoms with Crippen molar-refractivity contribution >= 4 is 38.5 Å². The largest absolute Gasteiger partial charge is 0.470 e. The van der Waals surface area contributed by atoms with Gasteiger partial charge in [-0.1, -0.05) is 64.4 Å². The van der Waals surface area contributed by atoms with Crippen LogP contribution in [0, 0.1) is 18.3 Å². The van der Waals surface area contributed by atoms with Crippen LogP contribution in [0.2, 0.25) is 0 Å². The first-order valence-electron chi connectivity index (χ1n) is 18.3. The molecule has 3 N–H and O–H groups in total. The predicted octanol–water partition coefficient (Wildman–Crippen LogP) is 7.25. The molecule has 4 heterocycles. The Bertz CT molecular complexity index is 2260. The van der Waals surface area contributed by atoms with Gasteiger partial charge in [0.15, 0.2) is 17.1 Å². The summed E-state index contributed by atoms with van der Waals surface area (Å²) in [6.45, 7) is 14.3. The molecule has 6 atom stereocenters. The number of ketones is 2. The number of benzene rings is 3. The minimum Gasteiger partial charge on any atom is -0.470 e. The first kappa shape index (κ1) is 36.2. The van der Waals surface area contributed by atoms with Gasteiger partial charge in [-0.15, -0.1) is 0 Å². The molecule has 53 heavy (non-hydrogen) atoms. The maximum atomic E-state index is 14.9. The highest BCUT2D eigenvalue weighted by atomic mass is 32.3. The van der Waals surface area contributed by atoms with E-state index >= 15 is 0 Å². The zero-order valence-corrected chi connectivity index (χ0v) is 31.8. The lowest BCUT2D eigenvalue weighted by Crippen LogP contribution is -2.55. The van der Waals surface area contributed by atoms with Crippen molar-refractivity contribution in [2.24, 2.45) is 11.3 Å². The molecule has 1 saturated carbocycles. The number of fused-ring (bicyclic) bond motifs is 11. The van der Waals surface area contributed by atoms with E-state index in [-0.39, 0.29) is 40.8 Å². The Morgan fingerprint density at radius 3 is 2.42 bits per heavy atom. The molecule has 1 saturated heterocycles. The molecule has 2 bridgehead atoms. The van der Waals surface area contributed by atoms with Crippen LogP contribution in [0.3, 0.4) is 0 Å². The fraction of sp³-hybridized carbons (Fsp3) is 0.512. The van der Waals surface area contributed by atoms with Crippen LogP contribution >= 0.6 is 0 Å². The Morgan fingerprint density at radius 2 is 1.74 bits per heavy atom. The molecular weight excluding hydrogens is 701 g/mol. The van der Waals surface area contributed by atoms with Crippen LogP contribution in [0.25, 0.3) is 16.5 Å². The van der Waals surface area contributed by atoms with E-state index in [0.717, 1.165) is 58.7 Å². The molecule has 12 heteroatoms. The van der Waals surface area contributed by atoms with Gasteiger partial charge in [0.25, 0.3) is 6.29 Å². The molecule has 2 aliphatic carbocycles. The lowest BCUT2D eigenvalue weighted by molar-refractivity contribution is -0.148. The van der Waals surface area contributed by atoms with E-state index in [9.17, 15) is 14.7 Å². The summed E-state index contributed by atoms with van der Waals surface area (Å²) in [6.07, 6.45) is 3.68. The minimum atomic E-state index is -4.67. The average Bonchev–Trinajstić information content (AvgIpc) is 3.53. The highest BCUT2D eigenvalue weighted by Crippen LogP contribution is 2.65. The van der Waals surface area contributed by atoms with Crippen LogP contribution in [0.1, 0.15) is 119 Å². The second-order valence-electron chi connectivity index (χ2n) is 17.0. The van der Waals surface area contributed by atoms with Crippen LogP contribution < -0.4 is 9.47 Å². The van der Waals surface area contributed by atoms with Crippen LogP contribution in [-0.4, -0.2) is 51.7 Å². The van der Waals surface area contributed by atoms with Crippen molar-refractivity contribution in [1.82, 2.24) is 0 Å². The monoisotopic (exact) mass is 746 g/mol.